The third kappa shape index (κ3) is 2.11. The van der Waals surface area contributed by atoms with Crippen LogP contribution in [0.5, 0.6) is 0 Å². The van der Waals surface area contributed by atoms with E-state index >= 15 is 0 Å². The van der Waals surface area contributed by atoms with E-state index in [9.17, 15) is 4.79 Å². The molecule has 0 aromatic carbocycles. The van der Waals surface area contributed by atoms with Gasteiger partial charge >= 0.3 is 6.03 Å². The van der Waals surface area contributed by atoms with Crippen molar-refractivity contribution < 1.29 is 4.79 Å². The maximum atomic E-state index is 11.8. The summed E-state index contributed by atoms with van der Waals surface area (Å²) in [6.45, 7) is 1.94. The first-order chi connectivity index (χ1) is 7.13. The van der Waals surface area contributed by atoms with Gasteiger partial charge in [0.15, 0.2) is 0 Å². The second-order valence-corrected chi connectivity index (χ2v) is 5.37. The van der Waals surface area contributed by atoms with E-state index < -0.39 is 0 Å². The molecule has 0 bridgehead atoms. The van der Waals surface area contributed by atoms with Gasteiger partial charge in [-0.1, -0.05) is 12.8 Å². The van der Waals surface area contributed by atoms with Crippen LogP contribution in [0.3, 0.4) is 0 Å². The number of hydrogen-bond acceptors (Lipinski definition) is 1. The first-order valence-corrected chi connectivity index (χ1v) is 6.09. The highest BCUT2D eigenvalue weighted by Gasteiger charge is 2.38. The van der Waals surface area contributed by atoms with E-state index in [-0.39, 0.29) is 6.03 Å². The number of rotatable bonds is 0. The zero-order valence-corrected chi connectivity index (χ0v) is 9.96. The zero-order chi connectivity index (χ0) is 10.9. The number of carbonyl (C=O) groups is 1. The Kier molecular flexibility index (Phi) is 2.89. The molecule has 0 radical (unpaired) electrons. The van der Waals surface area contributed by atoms with Gasteiger partial charge in [0.25, 0.3) is 0 Å². The highest BCUT2D eigenvalue weighted by atomic mass is 16.2. The lowest BCUT2D eigenvalue weighted by molar-refractivity contribution is 0.107. The molecule has 0 atom stereocenters. The van der Waals surface area contributed by atoms with Crippen LogP contribution in [0.2, 0.25) is 0 Å². The molecule has 0 unspecified atom stereocenters. The van der Waals surface area contributed by atoms with E-state index in [4.69, 9.17) is 0 Å². The number of nitrogens with zero attached hydrogens (tertiary/aromatic N) is 2. The molecular weight excluding hydrogens is 188 g/mol. The van der Waals surface area contributed by atoms with E-state index in [1.54, 1.807) is 4.90 Å². The number of piperidine rings is 1. The number of urea groups is 1. The normalized spacial score (nSPS) is 24.5. The van der Waals surface area contributed by atoms with E-state index in [2.05, 4.69) is 0 Å². The van der Waals surface area contributed by atoms with E-state index in [1.165, 1.54) is 38.5 Å². The summed E-state index contributed by atoms with van der Waals surface area (Å²) in [6.07, 6.45) is 8.07. The van der Waals surface area contributed by atoms with Crippen molar-refractivity contribution in [2.24, 2.45) is 5.41 Å². The Morgan fingerprint density at radius 1 is 1.07 bits per heavy atom. The van der Waals surface area contributed by atoms with Crippen molar-refractivity contribution in [3.05, 3.63) is 0 Å². The number of carbonyl (C=O) groups excluding carboxylic acids is 1. The topological polar surface area (TPSA) is 23.6 Å². The van der Waals surface area contributed by atoms with Crippen LogP contribution in [-0.2, 0) is 0 Å². The standard InChI is InChI=1S/C12H22N2O/c1-13(2)11(15)14-9-7-12(8-10-14)5-3-4-6-12/h3-10H2,1-2H3. The predicted octanol–water partition coefficient (Wildman–Crippen LogP) is 2.32. The summed E-state index contributed by atoms with van der Waals surface area (Å²) in [5.74, 6) is 0. The minimum atomic E-state index is 0.183. The summed E-state index contributed by atoms with van der Waals surface area (Å²) in [4.78, 5) is 15.4. The van der Waals surface area contributed by atoms with Gasteiger partial charge in [0.1, 0.15) is 0 Å². The lowest BCUT2D eigenvalue weighted by atomic mass is 9.77. The van der Waals surface area contributed by atoms with Crippen LogP contribution in [0.4, 0.5) is 4.79 Å². The Balaban J connectivity index is 1.89. The van der Waals surface area contributed by atoms with Crippen LogP contribution >= 0.6 is 0 Å². The highest BCUT2D eigenvalue weighted by Crippen LogP contribution is 2.46. The Morgan fingerprint density at radius 3 is 2.07 bits per heavy atom. The summed E-state index contributed by atoms with van der Waals surface area (Å²) in [5.41, 5.74) is 0.614. The molecule has 0 aromatic heterocycles. The third-order valence-electron chi connectivity index (χ3n) is 4.14. The molecule has 1 aliphatic carbocycles. The maximum Gasteiger partial charge on any atom is 0.319 e. The van der Waals surface area contributed by atoms with Gasteiger partial charge in [0.2, 0.25) is 0 Å². The number of amides is 2. The van der Waals surface area contributed by atoms with Crippen molar-refractivity contribution >= 4 is 6.03 Å². The van der Waals surface area contributed by atoms with Gasteiger partial charge < -0.3 is 9.80 Å². The third-order valence-corrected chi connectivity index (χ3v) is 4.14. The van der Waals surface area contributed by atoms with E-state index in [0.29, 0.717) is 5.41 Å². The summed E-state index contributed by atoms with van der Waals surface area (Å²) in [5, 5.41) is 0. The Hall–Kier alpha value is -0.730. The van der Waals surface area contributed by atoms with Crippen LogP contribution in [0.15, 0.2) is 0 Å². The van der Waals surface area contributed by atoms with Gasteiger partial charge in [-0.15, -0.1) is 0 Å². The molecule has 2 rings (SSSR count). The van der Waals surface area contributed by atoms with Crippen LogP contribution in [0.25, 0.3) is 0 Å². The Labute approximate surface area is 92.4 Å². The smallest absolute Gasteiger partial charge is 0.319 e. The number of likely N-dealkylation sites (tertiary alicyclic amines) is 1. The minimum absolute atomic E-state index is 0.183. The quantitative estimate of drug-likeness (QED) is 0.602. The molecule has 2 aliphatic rings. The van der Waals surface area contributed by atoms with Gasteiger partial charge in [0.05, 0.1) is 0 Å². The van der Waals surface area contributed by atoms with Crippen molar-refractivity contribution in [3.8, 4) is 0 Å². The molecule has 1 saturated carbocycles. The van der Waals surface area contributed by atoms with Crippen LogP contribution in [0, 0.1) is 5.41 Å². The van der Waals surface area contributed by atoms with Gasteiger partial charge in [-0.05, 0) is 31.1 Å². The van der Waals surface area contributed by atoms with Crippen molar-refractivity contribution in [3.63, 3.8) is 0 Å². The monoisotopic (exact) mass is 210 g/mol. The van der Waals surface area contributed by atoms with E-state index in [1.807, 2.05) is 19.0 Å². The molecule has 1 heterocycles. The van der Waals surface area contributed by atoms with Crippen molar-refractivity contribution in [2.75, 3.05) is 27.2 Å². The molecule has 0 aromatic rings. The lowest BCUT2D eigenvalue weighted by Crippen LogP contribution is -2.46. The summed E-state index contributed by atoms with van der Waals surface area (Å²) < 4.78 is 0. The van der Waals surface area contributed by atoms with Crippen LogP contribution in [-0.4, -0.2) is 43.0 Å². The highest BCUT2D eigenvalue weighted by molar-refractivity contribution is 5.73. The summed E-state index contributed by atoms with van der Waals surface area (Å²) >= 11 is 0. The Morgan fingerprint density at radius 2 is 1.60 bits per heavy atom. The molecule has 3 nitrogen and oxygen atoms in total. The zero-order valence-electron chi connectivity index (χ0n) is 9.96. The number of hydrogen-bond donors (Lipinski definition) is 0. The molecule has 2 fully saturated rings. The van der Waals surface area contributed by atoms with Crippen molar-refractivity contribution in [2.45, 2.75) is 38.5 Å². The molecule has 3 heteroatoms. The van der Waals surface area contributed by atoms with Gasteiger partial charge in [-0.25, -0.2) is 4.79 Å². The van der Waals surface area contributed by atoms with Crippen molar-refractivity contribution in [1.29, 1.82) is 0 Å². The van der Waals surface area contributed by atoms with E-state index in [0.717, 1.165) is 13.1 Å². The second kappa shape index (κ2) is 4.03. The molecule has 1 spiro atoms. The minimum Gasteiger partial charge on any atom is -0.331 e. The van der Waals surface area contributed by atoms with Crippen molar-refractivity contribution in [1.82, 2.24) is 9.80 Å². The van der Waals surface area contributed by atoms with Crippen LogP contribution in [0.1, 0.15) is 38.5 Å². The van der Waals surface area contributed by atoms with Gasteiger partial charge in [-0.2, -0.15) is 0 Å². The summed E-state index contributed by atoms with van der Waals surface area (Å²) in [6, 6.07) is 0.183. The fourth-order valence-electron chi connectivity index (χ4n) is 3.08. The molecule has 1 aliphatic heterocycles. The fourth-order valence-corrected chi connectivity index (χ4v) is 3.08. The molecular formula is C12H22N2O. The predicted molar refractivity (Wildman–Crippen MR) is 60.8 cm³/mol. The Bertz CT molecular complexity index is 234. The van der Waals surface area contributed by atoms with Crippen LogP contribution < -0.4 is 0 Å². The SMILES string of the molecule is CN(C)C(=O)N1CCC2(CCCC2)CC1. The van der Waals surface area contributed by atoms with Gasteiger partial charge in [0, 0.05) is 27.2 Å². The molecule has 86 valence electrons. The fraction of sp³-hybridized carbons (Fsp3) is 0.917. The molecule has 2 amide bonds. The largest absolute Gasteiger partial charge is 0.331 e. The maximum absolute atomic E-state index is 11.8. The first-order valence-electron chi connectivity index (χ1n) is 6.09. The van der Waals surface area contributed by atoms with Gasteiger partial charge in [-0.3, -0.25) is 0 Å². The average molecular weight is 210 g/mol. The average Bonchev–Trinajstić information content (AvgIpc) is 2.67. The lowest BCUT2D eigenvalue weighted by Gasteiger charge is -2.40. The summed E-state index contributed by atoms with van der Waals surface area (Å²) in [7, 11) is 3.67. The molecule has 1 saturated heterocycles. The second-order valence-electron chi connectivity index (χ2n) is 5.37. The molecule has 0 N–H and O–H groups in total. The first kappa shape index (κ1) is 10.8. The molecule has 15 heavy (non-hydrogen) atoms.